The van der Waals surface area contributed by atoms with Crippen LogP contribution in [0.25, 0.3) is 33.1 Å². The molecule has 0 aliphatic heterocycles. The van der Waals surface area contributed by atoms with Crippen LogP contribution in [-0.2, 0) is 0 Å². The van der Waals surface area contributed by atoms with Gasteiger partial charge in [-0.05, 0) is 24.3 Å². The van der Waals surface area contributed by atoms with Gasteiger partial charge in [0.1, 0.15) is 5.52 Å². The molecule has 0 fully saturated rings. The second-order valence-electron chi connectivity index (χ2n) is 4.60. The lowest BCUT2D eigenvalue weighted by atomic mass is 10.2. The highest BCUT2D eigenvalue weighted by Crippen LogP contribution is 2.24. The number of H-pyrrole nitrogens is 1. The number of nitrogens with one attached hydrogen (secondary N) is 1. The van der Waals surface area contributed by atoms with Crippen molar-refractivity contribution in [3.05, 3.63) is 48.0 Å². The van der Waals surface area contributed by atoms with Gasteiger partial charge in [-0.2, -0.15) is 0 Å². The van der Waals surface area contributed by atoms with Gasteiger partial charge in [0.05, 0.1) is 16.6 Å². The average molecular weight is 263 g/mol. The van der Waals surface area contributed by atoms with E-state index in [2.05, 4.69) is 15.0 Å². The molecule has 4 rings (SSSR count). The van der Waals surface area contributed by atoms with Crippen LogP contribution in [0.4, 0.5) is 0 Å². The monoisotopic (exact) mass is 263 g/mol. The van der Waals surface area contributed by atoms with E-state index in [0.717, 1.165) is 16.4 Å². The summed E-state index contributed by atoms with van der Waals surface area (Å²) >= 11 is 0. The van der Waals surface area contributed by atoms with E-state index in [1.165, 1.54) is 6.07 Å². The van der Waals surface area contributed by atoms with Crippen LogP contribution in [0.15, 0.2) is 42.5 Å². The van der Waals surface area contributed by atoms with Gasteiger partial charge >= 0.3 is 5.97 Å². The van der Waals surface area contributed by atoms with Crippen LogP contribution in [0.2, 0.25) is 0 Å². The Morgan fingerprint density at radius 1 is 1.05 bits per heavy atom. The van der Waals surface area contributed by atoms with Crippen molar-refractivity contribution in [3.63, 3.8) is 0 Å². The van der Waals surface area contributed by atoms with E-state index in [1.54, 1.807) is 12.1 Å². The zero-order valence-corrected chi connectivity index (χ0v) is 10.3. The number of aromatic amines is 1. The quantitative estimate of drug-likeness (QED) is 0.553. The number of aromatic carboxylic acids is 1. The summed E-state index contributed by atoms with van der Waals surface area (Å²) < 4.78 is 0. The van der Waals surface area contributed by atoms with Gasteiger partial charge in [0, 0.05) is 10.9 Å². The van der Waals surface area contributed by atoms with E-state index in [-0.39, 0.29) is 5.56 Å². The largest absolute Gasteiger partial charge is 0.478 e. The third-order valence-corrected chi connectivity index (χ3v) is 3.35. The van der Waals surface area contributed by atoms with Crippen LogP contribution in [0.1, 0.15) is 10.4 Å². The first-order chi connectivity index (χ1) is 9.72. The van der Waals surface area contributed by atoms with Gasteiger partial charge < -0.3 is 10.1 Å². The molecule has 0 aliphatic carbocycles. The summed E-state index contributed by atoms with van der Waals surface area (Å²) in [4.78, 5) is 23.2. The van der Waals surface area contributed by atoms with Crippen LogP contribution < -0.4 is 0 Å². The van der Waals surface area contributed by atoms with E-state index in [9.17, 15) is 4.79 Å². The van der Waals surface area contributed by atoms with E-state index in [4.69, 9.17) is 5.11 Å². The molecular formula is C15H9N3O2. The van der Waals surface area contributed by atoms with Crippen molar-refractivity contribution >= 4 is 39.1 Å². The van der Waals surface area contributed by atoms with Gasteiger partial charge in [0.15, 0.2) is 5.65 Å². The zero-order chi connectivity index (χ0) is 13.7. The Hall–Kier alpha value is -2.95. The number of carboxylic acid groups (broad SMARTS) is 1. The topological polar surface area (TPSA) is 78.9 Å². The molecular weight excluding hydrogens is 254 g/mol. The summed E-state index contributed by atoms with van der Waals surface area (Å²) in [5, 5.41) is 10.0. The molecule has 2 heterocycles. The molecule has 0 radical (unpaired) electrons. The van der Waals surface area contributed by atoms with E-state index in [0.29, 0.717) is 16.7 Å². The molecule has 0 aliphatic rings. The summed E-state index contributed by atoms with van der Waals surface area (Å²) in [6, 6.07) is 12.6. The molecule has 0 unspecified atom stereocenters. The lowest BCUT2D eigenvalue weighted by Gasteiger charge is -1.99. The maximum atomic E-state index is 11.0. The van der Waals surface area contributed by atoms with Crippen molar-refractivity contribution in [2.75, 3.05) is 0 Å². The number of para-hydroxylation sites is 1. The lowest BCUT2D eigenvalue weighted by Crippen LogP contribution is -1.96. The van der Waals surface area contributed by atoms with Crippen LogP contribution in [0, 0.1) is 0 Å². The third kappa shape index (κ3) is 1.46. The van der Waals surface area contributed by atoms with Crippen molar-refractivity contribution < 1.29 is 9.90 Å². The maximum Gasteiger partial charge on any atom is 0.335 e. The first-order valence-corrected chi connectivity index (χ1v) is 6.14. The van der Waals surface area contributed by atoms with Crippen molar-refractivity contribution in [3.8, 4) is 0 Å². The van der Waals surface area contributed by atoms with Crippen LogP contribution in [0.5, 0.6) is 0 Å². The molecule has 0 atom stereocenters. The summed E-state index contributed by atoms with van der Waals surface area (Å²) in [6.07, 6.45) is 0. The number of rotatable bonds is 1. The first-order valence-electron chi connectivity index (χ1n) is 6.14. The fourth-order valence-corrected chi connectivity index (χ4v) is 2.39. The van der Waals surface area contributed by atoms with Gasteiger partial charge in [-0.25, -0.2) is 14.8 Å². The van der Waals surface area contributed by atoms with Crippen LogP contribution in [-0.4, -0.2) is 26.0 Å². The van der Waals surface area contributed by atoms with Gasteiger partial charge in [-0.15, -0.1) is 0 Å². The number of carbonyl (C=O) groups is 1. The standard InChI is InChI=1S/C15H9N3O2/c19-15(20)8-5-6-11-12(7-8)18-14-13(16-11)9-3-1-2-4-10(9)17-14/h1-7H,(H,17,18)(H,19,20). The summed E-state index contributed by atoms with van der Waals surface area (Å²) in [5.74, 6) is -0.967. The van der Waals surface area contributed by atoms with Crippen LogP contribution in [0.3, 0.4) is 0 Å². The molecule has 0 saturated heterocycles. The summed E-state index contributed by atoms with van der Waals surface area (Å²) in [6.45, 7) is 0. The van der Waals surface area contributed by atoms with E-state index in [1.807, 2.05) is 24.3 Å². The Kier molecular flexibility index (Phi) is 2.06. The second-order valence-corrected chi connectivity index (χ2v) is 4.60. The maximum absolute atomic E-state index is 11.0. The number of hydrogen-bond acceptors (Lipinski definition) is 3. The predicted molar refractivity (Wildman–Crippen MR) is 75.9 cm³/mol. The second kappa shape index (κ2) is 3.77. The number of aromatic nitrogens is 3. The number of carboxylic acids is 1. The lowest BCUT2D eigenvalue weighted by molar-refractivity contribution is 0.0697. The van der Waals surface area contributed by atoms with Gasteiger partial charge in [-0.1, -0.05) is 18.2 Å². The minimum absolute atomic E-state index is 0.210. The molecule has 4 aromatic rings. The molecule has 0 saturated carbocycles. The highest BCUT2D eigenvalue weighted by Gasteiger charge is 2.10. The molecule has 5 heteroatoms. The molecule has 2 aromatic carbocycles. The van der Waals surface area contributed by atoms with Gasteiger partial charge in [0.25, 0.3) is 0 Å². The fraction of sp³-hybridized carbons (Fsp3) is 0. The molecule has 20 heavy (non-hydrogen) atoms. The summed E-state index contributed by atoms with van der Waals surface area (Å²) in [7, 11) is 0. The highest BCUT2D eigenvalue weighted by atomic mass is 16.4. The smallest absolute Gasteiger partial charge is 0.335 e. The van der Waals surface area contributed by atoms with Crippen molar-refractivity contribution in [1.82, 2.24) is 15.0 Å². The molecule has 2 N–H and O–H groups in total. The molecule has 0 bridgehead atoms. The Bertz CT molecular complexity index is 988. The van der Waals surface area contributed by atoms with E-state index < -0.39 is 5.97 Å². The normalized spacial score (nSPS) is 11.4. The predicted octanol–water partition coefficient (Wildman–Crippen LogP) is 2.96. The molecule has 0 spiro atoms. The van der Waals surface area contributed by atoms with Gasteiger partial charge in [0.2, 0.25) is 0 Å². The highest BCUT2D eigenvalue weighted by molar-refractivity contribution is 6.05. The Balaban J connectivity index is 2.12. The van der Waals surface area contributed by atoms with Crippen LogP contribution >= 0.6 is 0 Å². The van der Waals surface area contributed by atoms with E-state index >= 15 is 0 Å². The van der Waals surface area contributed by atoms with Crippen molar-refractivity contribution in [1.29, 1.82) is 0 Å². The van der Waals surface area contributed by atoms with Gasteiger partial charge in [-0.3, -0.25) is 0 Å². The summed E-state index contributed by atoms with van der Waals surface area (Å²) in [5.41, 5.74) is 3.91. The molecule has 96 valence electrons. The zero-order valence-electron chi connectivity index (χ0n) is 10.3. The molecule has 2 aromatic heterocycles. The number of hydrogen-bond donors (Lipinski definition) is 2. The Labute approximate surface area is 112 Å². The van der Waals surface area contributed by atoms with Crippen molar-refractivity contribution in [2.24, 2.45) is 0 Å². The third-order valence-electron chi connectivity index (χ3n) is 3.35. The Morgan fingerprint density at radius 3 is 2.75 bits per heavy atom. The number of benzene rings is 2. The first kappa shape index (κ1) is 10.9. The fourth-order valence-electron chi connectivity index (χ4n) is 2.39. The Morgan fingerprint density at radius 2 is 1.90 bits per heavy atom. The minimum atomic E-state index is -0.967. The number of fused-ring (bicyclic) bond motifs is 4. The average Bonchev–Trinajstić information content (AvgIpc) is 2.81. The minimum Gasteiger partial charge on any atom is -0.478 e. The van der Waals surface area contributed by atoms with Crippen molar-refractivity contribution in [2.45, 2.75) is 0 Å². The molecule has 5 nitrogen and oxygen atoms in total. The number of nitrogens with zero attached hydrogens (tertiary/aromatic N) is 2. The SMILES string of the molecule is O=C(O)c1ccc2nc3c(nc2c1)[nH]c1ccccc13. The molecule has 0 amide bonds.